The molecule has 8 nitrogen and oxygen atoms in total. The predicted octanol–water partition coefficient (Wildman–Crippen LogP) is -1.05. The average Bonchev–Trinajstić information content (AvgIpc) is 2.80. The van der Waals surface area contributed by atoms with Gasteiger partial charge in [-0.2, -0.15) is 0 Å². The van der Waals surface area contributed by atoms with E-state index in [4.69, 9.17) is 0 Å². The van der Waals surface area contributed by atoms with Gasteiger partial charge < -0.3 is 20.0 Å². The van der Waals surface area contributed by atoms with Gasteiger partial charge in [0.05, 0.1) is 13.1 Å². The molecular formula is C16H24N4O4. The topological polar surface area (TPSA) is 90.0 Å². The summed E-state index contributed by atoms with van der Waals surface area (Å²) in [5, 5.41) is 2.57. The first kappa shape index (κ1) is 16.7. The molecule has 0 aromatic heterocycles. The van der Waals surface area contributed by atoms with E-state index in [9.17, 15) is 19.2 Å². The highest BCUT2D eigenvalue weighted by molar-refractivity contribution is 5.95. The normalized spacial score (nSPS) is 25.2. The van der Waals surface area contributed by atoms with Crippen molar-refractivity contribution < 1.29 is 19.2 Å². The fourth-order valence-electron chi connectivity index (χ4n) is 3.58. The van der Waals surface area contributed by atoms with Gasteiger partial charge in [0.25, 0.3) is 0 Å². The fraction of sp³-hybridized carbons (Fsp3) is 0.750. The fourth-order valence-corrected chi connectivity index (χ4v) is 3.58. The molecule has 3 saturated heterocycles. The summed E-state index contributed by atoms with van der Waals surface area (Å²) in [6.07, 6.45) is 3.81. The Morgan fingerprint density at radius 1 is 1.04 bits per heavy atom. The second kappa shape index (κ2) is 7.19. The molecule has 0 saturated carbocycles. The van der Waals surface area contributed by atoms with Gasteiger partial charge in [-0.1, -0.05) is 6.42 Å². The number of rotatable bonds is 3. The maximum atomic E-state index is 12.4. The van der Waals surface area contributed by atoms with Crippen LogP contribution < -0.4 is 5.32 Å². The van der Waals surface area contributed by atoms with E-state index in [1.807, 2.05) is 0 Å². The summed E-state index contributed by atoms with van der Waals surface area (Å²) in [5.74, 6) is -0.225. The number of carbonyl (C=O) groups is 4. The van der Waals surface area contributed by atoms with Gasteiger partial charge in [0, 0.05) is 39.0 Å². The van der Waals surface area contributed by atoms with Crippen LogP contribution in [-0.2, 0) is 19.2 Å². The van der Waals surface area contributed by atoms with E-state index < -0.39 is 6.04 Å². The molecular weight excluding hydrogens is 312 g/mol. The van der Waals surface area contributed by atoms with Crippen LogP contribution in [-0.4, -0.2) is 83.6 Å². The Morgan fingerprint density at radius 2 is 1.88 bits per heavy atom. The number of hydrogen-bond donors (Lipinski definition) is 1. The number of carbonyl (C=O) groups excluding carboxylic acids is 4. The smallest absolute Gasteiger partial charge is 0.245 e. The van der Waals surface area contributed by atoms with E-state index in [-0.39, 0.29) is 43.1 Å². The molecule has 0 spiro atoms. The minimum atomic E-state index is -0.580. The van der Waals surface area contributed by atoms with Crippen molar-refractivity contribution in [2.24, 2.45) is 0 Å². The first-order valence-corrected chi connectivity index (χ1v) is 8.69. The van der Waals surface area contributed by atoms with Gasteiger partial charge in [-0.3, -0.25) is 19.2 Å². The van der Waals surface area contributed by atoms with Crippen LogP contribution >= 0.6 is 0 Å². The number of fused-ring (bicyclic) bond motifs is 1. The molecule has 8 heteroatoms. The van der Waals surface area contributed by atoms with E-state index in [0.29, 0.717) is 26.1 Å². The van der Waals surface area contributed by atoms with Crippen molar-refractivity contribution in [2.75, 3.05) is 39.3 Å². The van der Waals surface area contributed by atoms with Crippen LogP contribution in [0.25, 0.3) is 0 Å². The highest BCUT2D eigenvalue weighted by atomic mass is 16.2. The van der Waals surface area contributed by atoms with E-state index in [1.54, 1.807) is 14.7 Å². The van der Waals surface area contributed by atoms with Crippen molar-refractivity contribution in [2.45, 2.75) is 38.1 Å². The summed E-state index contributed by atoms with van der Waals surface area (Å²) in [7, 11) is 0. The molecule has 0 aromatic rings. The molecule has 0 bridgehead atoms. The van der Waals surface area contributed by atoms with Crippen molar-refractivity contribution in [1.29, 1.82) is 0 Å². The molecule has 0 radical (unpaired) electrons. The third kappa shape index (κ3) is 3.52. The van der Waals surface area contributed by atoms with Gasteiger partial charge in [0.15, 0.2) is 0 Å². The second-order valence-electron chi connectivity index (χ2n) is 6.60. The lowest BCUT2D eigenvalue weighted by molar-refractivity contribution is -0.152. The maximum absolute atomic E-state index is 12.4. The minimum absolute atomic E-state index is 0.0420. The molecule has 3 heterocycles. The quantitative estimate of drug-likeness (QED) is 0.712. The Kier molecular flexibility index (Phi) is 5.01. The molecule has 3 aliphatic rings. The van der Waals surface area contributed by atoms with Crippen LogP contribution in [0.3, 0.4) is 0 Å². The molecule has 3 rings (SSSR count). The molecule has 0 aliphatic carbocycles. The standard InChI is InChI=1S/C16H24N4O4/c21-13-4-2-1-3-6-18(13)7-5-14(22)19-8-9-20-12(11-19)16(24)17-10-15(20)23/h12H,1-11H2,(H,17,24). The average molecular weight is 336 g/mol. The van der Waals surface area contributed by atoms with Crippen molar-refractivity contribution in [3.05, 3.63) is 0 Å². The second-order valence-corrected chi connectivity index (χ2v) is 6.60. The molecule has 3 aliphatic heterocycles. The van der Waals surface area contributed by atoms with Crippen LogP contribution in [0, 0.1) is 0 Å². The highest BCUT2D eigenvalue weighted by Crippen LogP contribution is 2.15. The van der Waals surface area contributed by atoms with E-state index in [1.165, 1.54) is 0 Å². The molecule has 1 atom stereocenters. The lowest BCUT2D eigenvalue weighted by Crippen LogP contribution is -2.66. The Balaban J connectivity index is 1.53. The van der Waals surface area contributed by atoms with Gasteiger partial charge in [-0.15, -0.1) is 0 Å². The molecule has 24 heavy (non-hydrogen) atoms. The SMILES string of the molecule is O=C1NCC(=O)N2CCN(C(=O)CCN3CCCCCC3=O)CC12. The number of likely N-dealkylation sites (tertiary alicyclic amines) is 1. The zero-order valence-corrected chi connectivity index (χ0v) is 13.8. The molecule has 132 valence electrons. The van der Waals surface area contributed by atoms with Gasteiger partial charge in [0.2, 0.25) is 23.6 Å². The van der Waals surface area contributed by atoms with Gasteiger partial charge in [-0.25, -0.2) is 0 Å². The van der Waals surface area contributed by atoms with E-state index >= 15 is 0 Å². The molecule has 1 unspecified atom stereocenters. The van der Waals surface area contributed by atoms with Crippen molar-refractivity contribution >= 4 is 23.6 Å². The molecule has 3 fully saturated rings. The largest absolute Gasteiger partial charge is 0.345 e. The Hall–Kier alpha value is -2.12. The van der Waals surface area contributed by atoms with Gasteiger partial charge in [-0.05, 0) is 12.8 Å². The minimum Gasteiger partial charge on any atom is -0.345 e. The summed E-state index contributed by atoms with van der Waals surface area (Å²) in [4.78, 5) is 53.1. The number of nitrogens with one attached hydrogen (secondary N) is 1. The van der Waals surface area contributed by atoms with Crippen molar-refractivity contribution in [3.63, 3.8) is 0 Å². The van der Waals surface area contributed by atoms with E-state index in [2.05, 4.69) is 5.32 Å². The van der Waals surface area contributed by atoms with E-state index in [0.717, 1.165) is 25.8 Å². The Labute approximate surface area is 141 Å². The lowest BCUT2D eigenvalue weighted by atomic mass is 10.1. The number of nitrogens with zero attached hydrogens (tertiary/aromatic N) is 3. The first-order chi connectivity index (χ1) is 11.6. The van der Waals surface area contributed by atoms with Gasteiger partial charge in [0.1, 0.15) is 6.04 Å². The highest BCUT2D eigenvalue weighted by Gasteiger charge is 2.39. The Bertz CT molecular complexity index is 550. The van der Waals surface area contributed by atoms with Crippen molar-refractivity contribution in [1.82, 2.24) is 20.0 Å². The third-order valence-corrected chi connectivity index (χ3v) is 5.04. The molecule has 1 N–H and O–H groups in total. The maximum Gasteiger partial charge on any atom is 0.245 e. The van der Waals surface area contributed by atoms with Crippen LogP contribution in [0.5, 0.6) is 0 Å². The predicted molar refractivity (Wildman–Crippen MR) is 84.8 cm³/mol. The summed E-state index contributed by atoms with van der Waals surface area (Å²) in [6.45, 7) is 2.28. The summed E-state index contributed by atoms with van der Waals surface area (Å²) >= 11 is 0. The lowest BCUT2D eigenvalue weighted by Gasteiger charge is -2.43. The summed E-state index contributed by atoms with van der Waals surface area (Å²) in [5.41, 5.74) is 0. The molecule has 0 aromatic carbocycles. The van der Waals surface area contributed by atoms with Crippen LogP contribution in [0.1, 0.15) is 32.1 Å². The molecule has 4 amide bonds. The number of piperazine rings is 2. The Morgan fingerprint density at radius 3 is 2.71 bits per heavy atom. The zero-order valence-electron chi connectivity index (χ0n) is 13.8. The monoisotopic (exact) mass is 336 g/mol. The summed E-state index contributed by atoms with van der Waals surface area (Å²) < 4.78 is 0. The van der Waals surface area contributed by atoms with Gasteiger partial charge >= 0.3 is 0 Å². The van der Waals surface area contributed by atoms with Crippen LogP contribution in [0.2, 0.25) is 0 Å². The summed E-state index contributed by atoms with van der Waals surface area (Å²) in [6, 6.07) is -0.580. The third-order valence-electron chi connectivity index (χ3n) is 5.04. The van der Waals surface area contributed by atoms with Crippen LogP contribution in [0.15, 0.2) is 0 Å². The zero-order chi connectivity index (χ0) is 17.1. The number of hydrogen-bond acceptors (Lipinski definition) is 4. The first-order valence-electron chi connectivity index (χ1n) is 8.69. The van der Waals surface area contributed by atoms with Crippen LogP contribution in [0.4, 0.5) is 0 Å². The number of amides is 4. The van der Waals surface area contributed by atoms with Crippen molar-refractivity contribution in [3.8, 4) is 0 Å².